The number of amides is 1. The van der Waals surface area contributed by atoms with Crippen LogP contribution in [0.5, 0.6) is 5.75 Å². The molecule has 3 rings (SSSR count). The second-order valence-electron chi connectivity index (χ2n) is 5.17. The first kappa shape index (κ1) is 15.7. The van der Waals surface area contributed by atoms with Gasteiger partial charge >= 0.3 is 0 Å². The number of rotatable bonds is 5. The lowest BCUT2D eigenvalue weighted by Gasteiger charge is -2.24. The third-order valence-electron chi connectivity index (χ3n) is 3.57. The topological polar surface area (TPSA) is 91.2 Å². The van der Waals surface area contributed by atoms with Crippen molar-refractivity contribution in [1.29, 1.82) is 0 Å². The van der Waals surface area contributed by atoms with Gasteiger partial charge in [0.25, 0.3) is 0 Å². The highest BCUT2D eigenvalue weighted by atomic mass is 35.5. The van der Waals surface area contributed by atoms with Crippen molar-refractivity contribution in [3.05, 3.63) is 28.8 Å². The molecule has 9 heteroatoms. The number of carbonyl (C=O) groups excluding carboxylic acids is 1. The van der Waals surface area contributed by atoms with Crippen molar-refractivity contribution in [3.8, 4) is 5.75 Å². The molecule has 0 fully saturated rings. The smallest absolute Gasteiger partial charge is 0.249 e. The lowest BCUT2D eigenvalue weighted by atomic mass is 9.96. The molecule has 1 aliphatic rings. The molecule has 1 unspecified atom stereocenters. The average Bonchev–Trinajstić information content (AvgIpc) is 2.99. The minimum absolute atomic E-state index is 0.191. The monoisotopic (exact) mass is 337 g/mol. The Balaban J connectivity index is 1.66. The maximum atomic E-state index is 12.4. The van der Waals surface area contributed by atoms with Crippen LogP contribution in [-0.2, 0) is 22.5 Å². The fourth-order valence-corrected chi connectivity index (χ4v) is 2.56. The number of ether oxygens (including phenoxy) is 2. The number of halogens is 1. The number of aromatic nitrogens is 4. The van der Waals surface area contributed by atoms with Crippen LogP contribution in [0, 0.1) is 5.92 Å². The fraction of sp³-hybridized carbons (Fsp3) is 0.429. The second kappa shape index (κ2) is 6.93. The van der Waals surface area contributed by atoms with Crippen molar-refractivity contribution in [2.24, 2.45) is 5.92 Å². The van der Waals surface area contributed by atoms with Crippen LogP contribution in [0.1, 0.15) is 5.56 Å². The van der Waals surface area contributed by atoms with Crippen molar-refractivity contribution in [3.63, 3.8) is 0 Å². The summed E-state index contributed by atoms with van der Waals surface area (Å²) >= 11 is 5.99. The molecular weight excluding hydrogens is 322 g/mol. The molecule has 0 bridgehead atoms. The Morgan fingerprint density at radius 3 is 3.26 bits per heavy atom. The van der Waals surface area contributed by atoms with Crippen LogP contribution in [0.15, 0.2) is 18.2 Å². The number of nitrogens with one attached hydrogen (secondary N) is 1. The molecule has 0 spiro atoms. The highest BCUT2D eigenvalue weighted by molar-refractivity contribution is 6.30. The molecule has 0 saturated carbocycles. The van der Waals surface area contributed by atoms with Crippen molar-refractivity contribution in [1.82, 2.24) is 20.2 Å². The van der Waals surface area contributed by atoms with E-state index in [0.29, 0.717) is 37.2 Å². The van der Waals surface area contributed by atoms with Gasteiger partial charge in [-0.05, 0) is 40.6 Å². The molecule has 0 saturated heterocycles. The Labute approximate surface area is 137 Å². The molecule has 1 atom stereocenters. The zero-order valence-corrected chi connectivity index (χ0v) is 13.3. The highest BCUT2D eigenvalue weighted by Crippen LogP contribution is 2.30. The van der Waals surface area contributed by atoms with E-state index in [4.69, 9.17) is 21.1 Å². The van der Waals surface area contributed by atoms with Crippen LogP contribution in [0.4, 0.5) is 5.95 Å². The summed E-state index contributed by atoms with van der Waals surface area (Å²) in [5.74, 6) is 0.546. The van der Waals surface area contributed by atoms with Crippen molar-refractivity contribution in [2.45, 2.75) is 13.0 Å². The lowest BCUT2D eigenvalue weighted by Crippen LogP contribution is -2.33. The first-order valence-electron chi connectivity index (χ1n) is 7.14. The van der Waals surface area contributed by atoms with Gasteiger partial charge in [-0.25, -0.2) is 4.68 Å². The number of hydrogen-bond donors (Lipinski definition) is 1. The van der Waals surface area contributed by atoms with E-state index in [1.54, 1.807) is 13.2 Å². The molecule has 8 nitrogen and oxygen atoms in total. The third-order valence-corrected chi connectivity index (χ3v) is 3.81. The predicted molar refractivity (Wildman–Crippen MR) is 82.5 cm³/mol. The summed E-state index contributed by atoms with van der Waals surface area (Å²) < 4.78 is 12.1. The quantitative estimate of drug-likeness (QED) is 0.880. The van der Waals surface area contributed by atoms with Crippen LogP contribution >= 0.6 is 11.6 Å². The van der Waals surface area contributed by atoms with Gasteiger partial charge in [0, 0.05) is 12.1 Å². The van der Waals surface area contributed by atoms with Gasteiger partial charge in [0.2, 0.25) is 11.9 Å². The van der Waals surface area contributed by atoms with E-state index in [9.17, 15) is 4.79 Å². The maximum Gasteiger partial charge on any atom is 0.249 e. The molecular formula is C14H16ClN5O3. The van der Waals surface area contributed by atoms with Gasteiger partial charge in [0.1, 0.15) is 12.4 Å². The summed E-state index contributed by atoms with van der Waals surface area (Å²) in [4.78, 5) is 12.4. The van der Waals surface area contributed by atoms with E-state index in [1.807, 2.05) is 12.1 Å². The van der Waals surface area contributed by atoms with Crippen LogP contribution in [0.2, 0.25) is 5.02 Å². The third kappa shape index (κ3) is 3.59. The normalized spacial score (nSPS) is 16.5. The molecule has 1 aliphatic heterocycles. The van der Waals surface area contributed by atoms with E-state index in [-0.39, 0.29) is 11.8 Å². The van der Waals surface area contributed by atoms with Crippen LogP contribution in [0.25, 0.3) is 0 Å². The standard InChI is InChI=1S/C14H16ClN5O3/c1-22-5-4-20-14(17-18-19-20)16-13(21)10-6-9-7-11(15)2-3-12(9)23-8-10/h2-3,7,10H,4-6,8H2,1H3,(H,16,17,19,21). The Kier molecular flexibility index (Phi) is 4.73. The second-order valence-corrected chi connectivity index (χ2v) is 5.61. The number of benzene rings is 1. The number of anilines is 1. The predicted octanol–water partition coefficient (Wildman–Crippen LogP) is 1.16. The van der Waals surface area contributed by atoms with Gasteiger partial charge in [0.05, 0.1) is 19.1 Å². The summed E-state index contributed by atoms with van der Waals surface area (Å²) in [6.45, 7) is 1.21. The average molecular weight is 338 g/mol. The number of nitrogens with zero attached hydrogens (tertiary/aromatic N) is 4. The SMILES string of the molecule is COCCn1nnnc1NC(=O)C1COc2ccc(Cl)cc2C1. The van der Waals surface area contributed by atoms with Crippen molar-refractivity contribution < 1.29 is 14.3 Å². The summed E-state index contributed by atoms with van der Waals surface area (Å²) in [6.07, 6.45) is 0.557. The summed E-state index contributed by atoms with van der Waals surface area (Å²) in [5.41, 5.74) is 0.919. The first-order chi connectivity index (χ1) is 11.2. The molecule has 2 aromatic rings. The van der Waals surface area contributed by atoms with Gasteiger partial charge in [-0.15, -0.1) is 0 Å². The van der Waals surface area contributed by atoms with E-state index in [2.05, 4.69) is 20.8 Å². The van der Waals surface area contributed by atoms with Gasteiger partial charge in [0.15, 0.2) is 0 Å². The molecule has 0 radical (unpaired) electrons. The summed E-state index contributed by atoms with van der Waals surface area (Å²) in [7, 11) is 1.59. The van der Waals surface area contributed by atoms with Gasteiger partial charge in [-0.3, -0.25) is 10.1 Å². The minimum atomic E-state index is -0.325. The molecule has 1 N–H and O–H groups in total. The molecule has 2 heterocycles. The maximum absolute atomic E-state index is 12.4. The summed E-state index contributed by atoms with van der Waals surface area (Å²) in [5, 5.41) is 14.5. The van der Waals surface area contributed by atoms with E-state index in [0.717, 1.165) is 11.3 Å². The van der Waals surface area contributed by atoms with Crippen molar-refractivity contribution in [2.75, 3.05) is 25.6 Å². The summed E-state index contributed by atoms with van der Waals surface area (Å²) in [6, 6.07) is 5.40. The lowest BCUT2D eigenvalue weighted by molar-refractivity contribution is -0.121. The fourth-order valence-electron chi connectivity index (χ4n) is 2.37. The largest absolute Gasteiger partial charge is 0.492 e. The highest BCUT2D eigenvalue weighted by Gasteiger charge is 2.27. The number of fused-ring (bicyclic) bond motifs is 1. The van der Waals surface area contributed by atoms with Crippen molar-refractivity contribution >= 4 is 23.5 Å². The van der Waals surface area contributed by atoms with Crippen LogP contribution < -0.4 is 10.1 Å². The number of tetrazole rings is 1. The van der Waals surface area contributed by atoms with Gasteiger partial charge in [-0.2, -0.15) is 0 Å². The van der Waals surface area contributed by atoms with E-state index >= 15 is 0 Å². The first-order valence-corrected chi connectivity index (χ1v) is 7.52. The number of hydrogen-bond acceptors (Lipinski definition) is 6. The Morgan fingerprint density at radius 1 is 1.57 bits per heavy atom. The van der Waals surface area contributed by atoms with E-state index < -0.39 is 0 Å². The van der Waals surface area contributed by atoms with Gasteiger partial charge < -0.3 is 9.47 Å². The van der Waals surface area contributed by atoms with Crippen LogP contribution in [-0.4, -0.2) is 46.4 Å². The molecule has 1 aromatic heterocycles. The zero-order chi connectivity index (χ0) is 16.2. The number of methoxy groups -OCH3 is 1. The zero-order valence-electron chi connectivity index (χ0n) is 12.5. The Bertz CT molecular complexity index is 705. The Morgan fingerprint density at radius 2 is 2.43 bits per heavy atom. The van der Waals surface area contributed by atoms with Crippen LogP contribution in [0.3, 0.4) is 0 Å². The molecule has 1 aromatic carbocycles. The minimum Gasteiger partial charge on any atom is -0.492 e. The molecule has 122 valence electrons. The van der Waals surface area contributed by atoms with Gasteiger partial charge in [-0.1, -0.05) is 16.7 Å². The molecule has 0 aliphatic carbocycles. The molecule has 1 amide bonds. The Hall–Kier alpha value is -2.19. The number of carbonyl (C=O) groups is 1. The molecule has 23 heavy (non-hydrogen) atoms. The van der Waals surface area contributed by atoms with E-state index in [1.165, 1.54) is 4.68 Å².